The van der Waals surface area contributed by atoms with Crippen LogP contribution in [0.2, 0.25) is 0 Å². The van der Waals surface area contributed by atoms with Gasteiger partial charge in [0, 0.05) is 12.7 Å². The lowest BCUT2D eigenvalue weighted by Crippen LogP contribution is -2.25. The summed E-state index contributed by atoms with van der Waals surface area (Å²) >= 11 is 0. The second kappa shape index (κ2) is 6.85. The van der Waals surface area contributed by atoms with Crippen molar-refractivity contribution in [2.45, 2.75) is 26.7 Å². The van der Waals surface area contributed by atoms with Crippen LogP contribution in [0.5, 0.6) is 0 Å². The van der Waals surface area contributed by atoms with E-state index >= 15 is 0 Å². The SMILES string of the molecule is CCCC=C(C)C(=O)NCOC. The number of hydrogen-bond donors (Lipinski definition) is 1. The lowest BCUT2D eigenvalue weighted by molar-refractivity contribution is -0.118. The molecule has 0 saturated carbocycles. The molecule has 70 valence electrons. The van der Waals surface area contributed by atoms with E-state index in [4.69, 9.17) is 4.74 Å². The molecule has 0 unspecified atom stereocenters. The topological polar surface area (TPSA) is 38.3 Å². The molecule has 0 spiro atoms. The Labute approximate surface area is 73.8 Å². The van der Waals surface area contributed by atoms with Crippen LogP contribution in [-0.4, -0.2) is 19.7 Å². The quantitative estimate of drug-likeness (QED) is 0.502. The van der Waals surface area contributed by atoms with Crippen LogP contribution in [0.25, 0.3) is 0 Å². The third-order valence-corrected chi connectivity index (χ3v) is 1.47. The van der Waals surface area contributed by atoms with Gasteiger partial charge in [0.2, 0.25) is 5.91 Å². The fraction of sp³-hybridized carbons (Fsp3) is 0.667. The minimum atomic E-state index is -0.0506. The Bertz CT molecular complexity index is 164. The zero-order valence-electron chi connectivity index (χ0n) is 8.02. The number of allylic oxidation sites excluding steroid dienone is 1. The number of methoxy groups -OCH3 is 1. The van der Waals surface area contributed by atoms with Crippen molar-refractivity contribution in [1.82, 2.24) is 5.32 Å². The summed E-state index contributed by atoms with van der Waals surface area (Å²) < 4.78 is 4.71. The highest BCUT2D eigenvalue weighted by atomic mass is 16.5. The van der Waals surface area contributed by atoms with Gasteiger partial charge in [-0.1, -0.05) is 19.4 Å². The van der Waals surface area contributed by atoms with E-state index in [0.717, 1.165) is 18.4 Å². The molecule has 0 atom stereocenters. The summed E-state index contributed by atoms with van der Waals surface area (Å²) in [5, 5.41) is 2.61. The lowest BCUT2D eigenvalue weighted by atomic mass is 10.2. The van der Waals surface area contributed by atoms with Crippen LogP contribution in [0, 0.1) is 0 Å². The molecule has 0 heterocycles. The lowest BCUT2D eigenvalue weighted by Gasteiger charge is -2.02. The Balaban J connectivity index is 3.75. The number of carbonyl (C=O) groups excluding carboxylic acids is 1. The number of rotatable bonds is 5. The van der Waals surface area contributed by atoms with Crippen molar-refractivity contribution in [1.29, 1.82) is 0 Å². The summed E-state index contributed by atoms with van der Waals surface area (Å²) in [6.07, 6.45) is 3.95. The Morgan fingerprint density at radius 1 is 1.58 bits per heavy atom. The third-order valence-electron chi connectivity index (χ3n) is 1.47. The highest BCUT2D eigenvalue weighted by molar-refractivity contribution is 5.92. The number of nitrogens with one attached hydrogen (secondary N) is 1. The van der Waals surface area contributed by atoms with Crippen LogP contribution in [0.1, 0.15) is 26.7 Å². The van der Waals surface area contributed by atoms with Crippen LogP contribution in [0.15, 0.2) is 11.6 Å². The van der Waals surface area contributed by atoms with Crippen molar-refractivity contribution >= 4 is 5.91 Å². The Hall–Kier alpha value is -0.830. The van der Waals surface area contributed by atoms with E-state index in [1.54, 1.807) is 14.0 Å². The van der Waals surface area contributed by atoms with Gasteiger partial charge in [-0.15, -0.1) is 0 Å². The summed E-state index contributed by atoms with van der Waals surface area (Å²) in [6, 6.07) is 0. The normalized spacial score (nSPS) is 11.4. The van der Waals surface area contributed by atoms with Crippen LogP contribution in [0.4, 0.5) is 0 Å². The highest BCUT2D eigenvalue weighted by Gasteiger charge is 2.00. The van der Waals surface area contributed by atoms with E-state index in [0.29, 0.717) is 0 Å². The van der Waals surface area contributed by atoms with Gasteiger partial charge in [-0.3, -0.25) is 4.79 Å². The molecule has 0 rings (SSSR count). The molecule has 0 aliphatic rings. The summed E-state index contributed by atoms with van der Waals surface area (Å²) in [4.78, 5) is 11.1. The van der Waals surface area contributed by atoms with Crippen molar-refractivity contribution < 1.29 is 9.53 Å². The van der Waals surface area contributed by atoms with Crippen molar-refractivity contribution in [3.05, 3.63) is 11.6 Å². The van der Waals surface area contributed by atoms with Gasteiger partial charge in [-0.05, 0) is 13.3 Å². The predicted molar refractivity (Wildman–Crippen MR) is 48.7 cm³/mol. The van der Waals surface area contributed by atoms with E-state index < -0.39 is 0 Å². The van der Waals surface area contributed by atoms with Gasteiger partial charge in [0.15, 0.2) is 0 Å². The second-order valence-electron chi connectivity index (χ2n) is 2.61. The second-order valence-corrected chi connectivity index (χ2v) is 2.61. The van der Waals surface area contributed by atoms with Crippen molar-refractivity contribution in [3.63, 3.8) is 0 Å². The molecule has 3 heteroatoms. The number of ether oxygens (including phenoxy) is 1. The van der Waals surface area contributed by atoms with E-state index in [9.17, 15) is 4.79 Å². The molecule has 1 N–H and O–H groups in total. The summed E-state index contributed by atoms with van der Waals surface area (Å²) in [6.45, 7) is 4.16. The first-order valence-corrected chi connectivity index (χ1v) is 4.16. The number of hydrogen-bond acceptors (Lipinski definition) is 2. The zero-order chi connectivity index (χ0) is 9.40. The first-order chi connectivity index (χ1) is 5.72. The fourth-order valence-electron chi connectivity index (χ4n) is 0.731. The highest BCUT2D eigenvalue weighted by Crippen LogP contribution is 1.97. The molecular weight excluding hydrogens is 154 g/mol. The van der Waals surface area contributed by atoms with Crippen LogP contribution in [0.3, 0.4) is 0 Å². The predicted octanol–water partition coefficient (Wildman–Crippen LogP) is 1.45. The van der Waals surface area contributed by atoms with Gasteiger partial charge < -0.3 is 10.1 Å². The Morgan fingerprint density at radius 3 is 2.75 bits per heavy atom. The van der Waals surface area contributed by atoms with Crippen molar-refractivity contribution in [3.8, 4) is 0 Å². The molecule has 0 radical (unpaired) electrons. The molecule has 0 bridgehead atoms. The first kappa shape index (κ1) is 11.2. The minimum Gasteiger partial charge on any atom is -0.364 e. The minimum absolute atomic E-state index is 0.0506. The van der Waals surface area contributed by atoms with Gasteiger partial charge in [-0.2, -0.15) is 0 Å². The van der Waals surface area contributed by atoms with Crippen LogP contribution in [-0.2, 0) is 9.53 Å². The molecule has 0 aromatic carbocycles. The van der Waals surface area contributed by atoms with Gasteiger partial charge in [-0.25, -0.2) is 0 Å². The summed E-state index contributed by atoms with van der Waals surface area (Å²) in [7, 11) is 1.55. The monoisotopic (exact) mass is 171 g/mol. The summed E-state index contributed by atoms with van der Waals surface area (Å²) in [5.74, 6) is -0.0506. The zero-order valence-corrected chi connectivity index (χ0v) is 8.02. The Kier molecular flexibility index (Phi) is 6.38. The molecule has 0 aliphatic carbocycles. The maximum absolute atomic E-state index is 11.1. The summed E-state index contributed by atoms with van der Waals surface area (Å²) in [5.41, 5.74) is 0.758. The standard InChI is InChI=1S/C9H17NO2/c1-4-5-6-8(2)9(11)10-7-12-3/h6H,4-5,7H2,1-3H3,(H,10,11). The van der Waals surface area contributed by atoms with E-state index in [-0.39, 0.29) is 12.6 Å². The molecule has 0 aliphatic heterocycles. The molecule has 3 nitrogen and oxygen atoms in total. The molecule has 1 amide bonds. The van der Waals surface area contributed by atoms with Gasteiger partial charge in [0.1, 0.15) is 6.73 Å². The largest absolute Gasteiger partial charge is 0.364 e. The van der Waals surface area contributed by atoms with Gasteiger partial charge in [0.05, 0.1) is 0 Å². The molecule has 0 aromatic heterocycles. The smallest absolute Gasteiger partial charge is 0.248 e. The average Bonchev–Trinajstić information content (AvgIpc) is 2.10. The molecule has 12 heavy (non-hydrogen) atoms. The maximum Gasteiger partial charge on any atom is 0.248 e. The van der Waals surface area contributed by atoms with E-state index in [1.807, 2.05) is 6.08 Å². The van der Waals surface area contributed by atoms with Crippen LogP contribution < -0.4 is 5.32 Å². The Morgan fingerprint density at radius 2 is 2.25 bits per heavy atom. The number of carbonyl (C=O) groups is 1. The van der Waals surface area contributed by atoms with E-state index in [2.05, 4.69) is 12.2 Å². The molecule has 0 fully saturated rings. The van der Waals surface area contributed by atoms with Crippen LogP contribution >= 0.6 is 0 Å². The van der Waals surface area contributed by atoms with Gasteiger partial charge in [0.25, 0.3) is 0 Å². The van der Waals surface area contributed by atoms with Gasteiger partial charge >= 0.3 is 0 Å². The third kappa shape index (κ3) is 4.91. The number of unbranched alkanes of at least 4 members (excludes halogenated alkanes) is 1. The van der Waals surface area contributed by atoms with E-state index in [1.165, 1.54) is 0 Å². The fourth-order valence-corrected chi connectivity index (χ4v) is 0.731. The number of amides is 1. The van der Waals surface area contributed by atoms with Crippen molar-refractivity contribution in [2.75, 3.05) is 13.8 Å². The molecule has 0 saturated heterocycles. The molecule has 0 aromatic rings. The van der Waals surface area contributed by atoms with Crippen molar-refractivity contribution in [2.24, 2.45) is 0 Å². The average molecular weight is 171 g/mol. The molecular formula is C9H17NO2. The maximum atomic E-state index is 11.1. The first-order valence-electron chi connectivity index (χ1n) is 4.16.